The number of rotatable bonds is 5. The molecule has 1 rings (SSSR count). The number of carbonyl (C=O) groups excluding carboxylic acids is 2. The Balaban J connectivity index is 2.79. The Morgan fingerprint density at radius 2 is 2.17 bits per heavy atom. The fraction of sp³-hybridized carbons (Fsp3) is 0.636. The van der Waals surface area contributed by atoms with E-state index in [1.165, 1.54) is 4.90 Å². The summed E-state index contributed by atoms with van der Waals surface area (Å²) in [5, 5.41) is 11.2. The summed E-state index contributed by atoms with van der Waals surface area (Å²) < 4.78 is 0. The predicted molar refractivity (Wildman–Crippen MR) is 67.7 cm³/mol. The number of nitrogens with one attached hydrogen (secondary N) is 1. The van der Waals surface area contributed by atoms with Gasteiger partial charge in [0, 0.05) is 13.0 Å². The molecule has 0 radical (unpaired) electrons. The molecule has 0 spiro atoms. The summed E-state index contributed by atoms with van der Waals surface area (Å²) in [7, 11) is 0. The first-order valence-corrected chi connectivity index (χ1v) is 6.17. The molecular weight excluding hydrogens is 256 g/mol. The van der Waals surface area contributed by atoms with Crippen LogP contribution in [0.4, 0.5) is 0 Å². The van der Waals surface area contributed by atoms with Crippen molar-refractivity contribution in [1.29, 1.82) is 0 Å². The molecule has 0 bridgehead atoms. The minimum absolute atomic E-state index is 0.0607. The summed E-state index contributed by atoms with van der Waals surface area (Å²) in [6, 6.07) is 0. The van der Waals surface area contributed by atoms with E-state index in [9.17, 15) is 14.4 Å². The number of hydrogen-bond acceptors (Lipinski definition) is 4. The third-order valence-corrected chi connectivity index (χ3v) is 3.31. The minimum atomic E-state index is -0.937. The van der Waals surface area contributed by atoms with Crippen LogP contribution in [0.5, 0.6) is 0 Å². The topological polar surface area (TPSA) is 86.7 Å². The summed E-state index contributed by atoms with van der Waals surface area (Å²) in [5.41, 5.74) is 0. The highest BCUT2D eigenvalue weighted by atomic mass is 32.1. The highest BCUT2D eigenvalue weighted by Gasteiger charge is 2.40. The van der Waals surface area contributed by atoms with Gasteiger partial charge in [0.15, 0.2) is 5.11 Å². The van der Waals surface area contributed by atoms with Gasteiger partial charge in [0.25, 0.3) is 0 Å². The summed E-state index contributed by atoms with van der Waals surface area (Å²) in [6.45, 7) is 3.86. The molecule has 2 amide bonds. The zero-order valence-corrected chi connectivity index (χ0v) is 11.1. The van der Waals surface area contributed by atoms with Crippen LogP contribution in [-0.2, 0) is 14.4 Å². The molecule has 6 nitrogen and oxygen atoms in total. The maximum atomic E-state index is 12.1. The molecule has 2 unspecified atom stereocenters. The van der Waals surface area contributed by atoms with E-state index in [0.29, 0.717) is 6.54 Å². The van der Waals surface area contributed by atoms with Crippen LogP contribution in [-0.4, -0.2) is 39.4 Å². The molecule has 0 aromatic heterocycles. The van der Waals surface area contributed by atoms with Crippen molar-refractivity contribution in [2.24, 2.45) is 11.8 Å². The lowest BCUT2D eigenvalue weighted by atomic mass is 9.87. The first-order valence-electron chi connectivity index (χ1n) is 5.76. The fourth-order valence-electron chi connectivity index (χ4n) is 1.95. The molecule has 0 aliphatic carbocycles. The van der Waals surface area contributed by atoms with Gasteiger partial charge < -0.3 is 10.4 Å². The van der Waals surface area contributed by atoms with Crippen LogP contribution in [0.1, 0.15) is 26.7 Å². The van der Waals surface area contributed by atoms with Gasteiger partial charge in [-0.2, -0.15) is 0 Å². The Kier molecular flexibility index (Phi) is 4.77. The smallest absolute Gasteiger partial charge is 0.303 e. The highest BCUT2D eigenvalue weighted by Crippen LogP contribution is 2.23. The summed E-state index contributed by atoms with van der Waals surface area (Å²) in [5.74, 6) is -2.90. The summed E-state index contributed by atoms with van der Waals surface area (Å²) in [4.78, 5) is 35.7. The van der Waals surface area contributed by atoms with E-state index in [1.807, 2.05) is 0 Å². The van der Waals surface area contributed by atoms with E-state index in [-0.39, 0.29) is 29.8 Å². The van der Waals surface area contributed by atoms with E-state index in [4.69, 9.17) is 17.3 Å². The molecular formula is C11H16N2O4S. The molecule has 100 valence electrons. The summed E-state index contributed by atoms with van der Waals surface area (Å²) >= 11 is 4.91. The third-order valence-electron chi connectivity index (χ3n) is 2.99. The predicted octanol–water partition coefficient (Wildman–Crippen LogP) is 0.367. The van der Waals surface area contributed by atoms with Crippen LogP contribution < -0.4 is 5.32 Å². The second-order valence-electron chi connectivity index (χ2n) is 4.26. The number of aliphatic carboxylic acids is 1. The highest BCUT2D eigenvalue weighted by molar-refractivity contribution is 7.80. The Bertz CT molecular complexity index is 397. The maximum Gasteiger partial charge on any atom is 0.303 e. The number of thiocarbonyl (C=S) groups is 1. The lowest BCUT2D eigenvalue weighted by Crippen LogP contribution is -2.59. The lowest BCUT2D eigenvalue weighted by molar-refractivity contribution is -0.145. The molecule has 1 heterocycles. The van der Waals surface area contributed by atoms with Gasteiger partial charge in [-0.25, -0.2) is 0 Å². The van der Waals surface area contributed by atoms with Crippen LogP contribution in [0.3, 0.4) is 0 Å². The van der Waals surface area contributed by atoms with E-state index in [2.05, 4.69) is 5.32 Å². The van der Waals surface area contributed by atoms with Crippen LogP contribution in [0.15, 0.2) is 0 Å². The number of carbonyl (C=O) groups is 3. The van der Waals surface area contributed by atoms with Crippen LogP contribution >= 0.6 is 12.2 Å². The van der Waals surface area contributed by atoms with E-state index >= 15 is 0 Å². The Hall–Kier alpha value is -1.50. The zero-order chi connectivity index (χ0) is 13.9. The molecule has 0 aromatic carbocycles. The van der Waals surface area contributed by atoms with Crippen LogP contribution in [0.2, 0.25) is 0 Å². The average molecular weight is 272 g/mol. The van der Waals surface area contributed by atoms with E-state index < -0.39 is 17.8 Å². The first kappa shape index (κ1) is 14.6. The maximum absolute atomic E-state index is 12.1. The van der Waals surface area contributed by atoms with Crippen molar-refractivity contribution in [1.82, 2.24) is 10.2 Å². The first-order chi connectivity index (χ1) is 8.38. The van der Waals surface area contributed by atoms with Gasteiger partial charge in [-0.3, -0.25) is 19.3 Å². The van der Waals surface area contributed by atoms with E-state index in [1.54, 1.807) is 13.8 Å². The van der Waals surface area contributed by atoms with Gasteiger partial charge in [0.2, 0.25) is 11.8 Å². The third kappa shape index (κ3) is 3.04. The van der Waals surface area contributed by atoms with Crippen molar-refractivity contribution >= 4 is 35.1 Å². The number of carboxylic acid groups (broad SMARTS) is 1. The molecule has 2 atom stereocenters. The normalized spacial score (nSPS) is 21.8. The monoisotopic (exact) mass is 272 g/mol. The van der Waals surface area contributed by atoms with Gasteiger partial charge in [0.05, 0.1) is 0 Å². The molecule has 7 heteroatoms. The van der Waals surface area contributed by atoms with E-state index in [0.717, 1.165) is 0 Å². The molecule has 0 aromatic rings. The molecule has 18 heavy (non-hydrogen) atoms. The van der Waals surface area contributed by atoms with Crippen molar-refractivity contribution in [2.75, 3.05) is 6.54 Å². The van der Waals surface area contributed by atoms with Crippen molar-refractivity contribution < 1.29 is 19.5 Å². The summed E-state index contributed by atoms with van der Waals surface area (Å²) in [6.07, 6.45) is 0.221. The quantitative estimate of drug-likeness (QED) is 0.557. The number of carboxylic acids is 1. The second-order valence-corrected chi connectivity index (χ2v) is 4.65. The van der Waals surface area contributed by atoms with Crippen molar-refractivity contribution in [3.63, 3.8) is 0 Å². The van der Waals surface area contributed by atoms with Crippen LogP contribution in [0.25, 0.3) is 0 Å². The molecule has 2 N–H and O–H groups in total. The van der Waals surface area contributed by atoms with Gasteiger partial charge in [-0.05, 0) is 31.5 Å². The number of nitrogens with zero attached hydrogens (tertiary/aromatic N) is 1. The molecule has 1 saturated heterocycles. The Morgan fingerprint density at radius 3 is 2.67 bits per heavy atom. The Labute approximate surface area is 110 Å². The van der Waals surface area contributed by atoms with Gasteiger partial charge in [-0.1, -0.05) is 6.92 Å². The fourth-order valence-corrected chi connectivity index (χ4v) is 2.27. The zero-order valence-electron chi connectivity index (χ0n) is 10.3. The minimum Gasteiger partial charge on any atom is -0.481 e. The molecule has 0 saturated carbocycles. The van der Waals surface area contributed by atoms with Gasteiger partial charge in [0.1, 0.15) is 5.92 Å². The van der Waals surface area contributed by atoms with Crippen molar-refractivity contribution in [2.45, 2.75) is 26.7 Å². The van der Waals surface area contributed by atoms with Crippen LogP contribution in [0, 0.1) is 11.8 Å². The SMILES string of the molecule is CCN1C(=O)C(C(C)CCC(=O)O)C(=O)NC1=S. The van der Waals surface area contributed by atoms with Gasteiger partial charge in [-0.15, -0.1) is 0 Å². The molecule has 1 aliphatic heterocycles. The molecule has 1 fully saturated rings. The van der Waals surface area contributed by atoms with Crippen molar-refractivity contribution in [3.8, 4) is 0 Å². The van der Waals surface area contributed by atoms with Crippen molar-refractivity contribution in [3.05, 3.63) is 0 Å². The lowest BCUT2D eigenvalue weighted by Gasteiger charge is -2.34. The number of hydrogen-bond donors (Lipinski definition) is 2. The Morgan fingerprint density at radius 1 is 1.56 bits per heavy atom. The number of amides is 2. The largest absolute Gasteiger partial charge is 0.481 e. The second kappa shape index (κ2) is 5.90. The average Bonchev–Trinajstić information content (AvgIpc) is 2.26. The van der Waals surface area contributed by atoms with Gasteiger partial charge >= 0.3 is 5.97 Å². The molecule has 1 aliphatic rings. The standard InChI is InChI=1S/C11H16N2O4S/c1-3-13-10(17)8(9(16)12-11(13)18)6(2)4-5-7(14)15/h6,8H,3-5H2,1-2H3,(H,14,15)(H,12,16,18).